The Morgan fingerprint density at radius 3 is 2.28 bits per heavy atom. The van der Waals surface area contributed by atoms with Crippen molar-refractivity contribution in [3.05, 3.63) is 34.7 Å². The number of benzene rings is 1. The summed E-state index contributed by atoms with van der Waals surface area (Å²) in [5.41, 5.74) is -1.32. The average molecular weight is 503 g/mol. The van der Waals surface area contributed by atoms with Gasteiger partial charge in [-0.2, -0.15) is 13.2 Å². The quantitative estimate of drug-likeness (QED) is 0.499. The average Bonchev–Trinajstić information content (AvgIpc) is 2.99. The van der Waals surface area contributed by atoms with E-state index in [0.29, 0.717) is 9.04 Å². The number of nitrogens with zero attached hydrogens (tertiary/aromatic N) is 4. The van der Waals surface area contributed by atoms with Crippen LogP contribution in [0.4, 0.5) is 18.0 Å². The number of carbonyl (C=O) groups excluding carboxylic acids is 1. The normalized spacial score (nSPS) is 12.7. The molecule has 18 heteroatoms. The van der Waals surface area contributed by atoms with Crippen molar-refractivity contribution in [1.29, 1.82) is 0 Å². The van der Waals surface area contributed by atoms with Crippen LogP contribution in [0.1, 0.15) is 0 Å². The van der Waals surface area contributed by atoms with Crippen LogP contribution < -0.4 is 15.1 Å². The first-order valence-electron chi connectivity index (χ1n) is 8.16. The number of halogens is 3. The smallest absolute Gasteiger partial charge is 0.422 e. The molecule has 0 unspecified atom stereocenters. The van der Waals surface area contributed by atoms with Crippen molar-refractivity contribution in [2.45, 2.75) is 16.0 Å². The molecule has 13 nitrogen and oxygen atoms in total. The lowest BCUT2D eigenvalue weighted by atomic mass is 10.4. The van der Waals surface area contributed by atoms with Crippen LogP contribution in [0.25, 0.3) is 0 Å². The van der Waals surface area contributed by atoms with Gasteiger partial charge in [-0.1, -0.05) is 16.6 Å². The minimum Gasteiger partial charge on any atom is -0.454 e. The molecule has 1 aromatic heterocycles. The number of rotatable bonds is 7. The Balaban J connectivity index is 2.41. The second kappa shape index (κ2) is 8.88. The molecule has 32 heavy (non-hydrogen) atoms. The molecule has 0 aliphatic carbocycles. The van der Waals surface area contributed by atoms with Gasteiger partial charge in [0, 0.05) is 14.1 Å². The summed E-state index contributed by atoms with van der Waals surface area (Å²) in [6, 6.07) is 1.57. The topological polar surface area (TPSA) is 159 Å². The minimum absolute atomic E-state index is 0.0956. The maximum absolute atomic E-state index is 12.7. The van der Waals surface area contributed by atoms with Crippen LogP contribution in [0.2, 0.25) is 0 Å². The Bertz CT molecular complexity index is 1280. The van der Waals surface area contributed by atoms with Gasteiger partial charge < -0.3 is 4.74 Å². The van der Waals surface area contributed by atoms with Gasteiger partial charge in [0.25, 0.3) is 20.0 Å². The zero-order chi connectivity index (χ0) is 24.5. The first-order valence-corrected chi connectivity index (χ1v) is 11.1. The zero-order valence-electron chi connectivity index (χ0n) is 16.5. The summed E-state index contributed by atoms with van der Waals surface area (Å²) in [5.74, 6) is 0. The second-order valence-electron chi connectivity index (χ2n) is 5.89. The van der Waals surface area contributed by atoms with Crippen molar-refractivity contribution in [3.63, 3.8) is 0 Å². The highest BCUT2D eigenvalue weighted by Crippen LogP contribution is 2.23. The van der Waals surface area contributed by atoms with Crippen LogP contribution in [-0.2, 0) is 31.9 Å². The summed E-state index contributed by atoms with van der Waals surface area (Å²) in [6.45, 7) is -1.82. The SMILES string of the molecule is CON(C)S(=O)(=O)c1ccccc1S(=O)(=O)NC(=O)n1nc(OCC(F)(F)F)n(C)c1=O. The number of nitrogens with one attached hydrogen (secondary N) is 1. The molecule has 0 spiro atoms. The number of amides is 1. The first kappa shape index (κ1) is 25.3. The van der Waals surface area contributed by atoms with Gasteiger partial charge in [0.1, 0.15) is 9.79 Å². The van der Waals surface area contributed by atoms with E-state index in [4.69, 9.17) is 0 Å². The third-order valence-corrected chi connectivity index (χ3v) is 6.98. The molecule has 1 aromatic carbocycles. The van der Waals surface area contributed by atoms with E-state index in [1.165, 1.54) is 16.9 Å². The first-order chi connectivity index (χ1) is 14.6. The van der Waals surface area contributed by atoms with Gasteiger partial charge in [-0.05, 0) is 12.1 Å². The number of hydrogen-bond acceptors (Lipinski definition) is 9. The van der Waals surface area contributed by atoms with Crippen molar-refractivity contribution in [2.75, 3.05) is 20.8 Å². The lowest BCUT2D eigenvalue weighted by Gasteiger charge is -2.17. The fourth-order valence-electron chi connectivity index (χ4n) is 2.16. The van der Waals surface area contributed by atoms with Gasteiger partial charge in [-0.3, -0.25) is 4.84 Å². The van der Waals surface area contributed by atoms with E-state index >= 15 is 0 Å². The van der Waals surface area contributed by atoms with Crippen LogP contribution in [0.5, 0.6) is 6.01 Å². The van der Waals surface area contributed by atoms with Crippen molar-refractivity contribution < 1.29 is 44.4 Å². The zero-order valence-corrected chi connectivity index (χ0v) is 18.2. The third kappa shape index (κ3) is 5.26. The van der Waals surface area contributed by atoms with E-state index in [2.05, 4.69) is 14.7 Å². The summed E-state index contributed by atoms with van der Waals surface area (Å²) >= 11 is 0. The molecule has 2 rings (SSSR count). The molecule has 0 saturated heterocycles. The summed E-state index contributed by atoms with van der Waals surface area (Å²) < 4.78 is 93.7. The molecule has 1 heterocycles. The standard InChI is InChI=1S/C14H16F3N5O8S2/c1-20-12(30-8-14(15,16)17)18-22(13(20)24)11(23)19-31(25,26)9-6-4-5-7-10(9)32(27,28)21(2)29-3/h4-7H,8H2,1-3H3,(H,19,23). The van der Waals surface area contributed by atoms with Gasteiger partial charge in [0.05, 0.1) is 7.11 Å². The lowest BCUT2D eigenvalue weighted by Crippen LogP contribution is -2.41. The van der Waals surface area contributed by atoms with E-state index in [0.717, 1.165) is 33.3 Å². The number of ether oxygens (including phenoxy) is 1. The highest BCUT2D eigenvalue weighted by Gasteiger charge is 2.33. The highest BCUT2D eigenvalue weighted by molar-refractivity contribution is 7.92. The molecule has 0 aliphatic rings. The molecular weight excluding hydrogens is 487 g/mol. The maximum Gasteiger partial charge on any atom is 0.422 e. The molecular formula is C14H16F3N5O8S2. The Kier molecular flexibility index (Phi) is 7.02. The molecule has 0 saturated carbocycles. The molecule has 178 valence electrons. The molecule has 0 aliphatic heterocycles. The van der Waals surface area contributed by atoms with Crippen molar-refractivity contribution in [3.8, 4) is 6.01 Å². The highest BCUT2D eigenvalue weighted by atomic mass is 32.2. The van der Waals surface area contributed by atoms with Crippen LogP contribution in [0, 0.1) is 0 Å². The van der Waals surface area contributed by atoms with Gasteiger partial charge in [-0.25, -0.2) is 35.7 Å². The van der Waals surface area contributed by atoms with Crippen LogP contribution >= 0.6 is 0 Å². The summed E-state index contributed by atoms with van der Waals surface area (Å²) in [6.07, 6.45) is -4.77. The van der Waals surface area contributed by atoms with E-state index in [-0.39, 0.29) is 4.68 Å². The molecule has 0 bridgehead atoms. The van der Waals surface area contributed by atoms with Gasteiger partial charge in [0.2, 0.25) is 0 Å². The monoisotopic (exact) mass is 503 g/mol. The summed E-state index contributed by atoms with van der Waals surface area (Å²) in [4.78, 5) is 27.3. The van der Waals surface area contributed by atoms with E-state index in [1.54, 1.807) is 0 Å². The van der Waals surface area contributed by atoms with Crippen LogP contribution in [0.3, 0.4) is 0 Å². The predicted molar refractivity (Wildman–Crippen MR) is 98.5 cm³/mol. The molecule has 1 amide bonds. The molecule has 1 N–H and O–H groups in total. The number of alkyl halides is 3. The molecule has 0 radical (unpaired) electrons. The van der Waals surface area contributed by atoms with E-state index in [9.17, 15) is 39.6 Å². The largest absolute Gasteiger partial charge is 0.454 e. The van der Waals surface area contributed by atoms with Crippen molar-refractivity contribution in [2.24, 2.45) is 7.05 Å². The number of carbonyl (C=O) groups is 1. The number of hydrogen-bond donors (Lipinski definition) is 1. The number of sulfonamides is 2. The van der Waals surface area contributed by atoms with Crippen LogP contribution in [0.15, 0.2) is 38.9 Å². The molecule has 2 aromatic rings. The predicted octanol–water partition coefficient (Wildman–Crippen LogP) is -0.349. The molecule has 0 fully saturated rings. The Labute approximate surface area is 179 Å². The van der Waals surface area contributed by atoms with E-state index < -0.39 is 60.4 Å². The fourth-order valence-corrected chi connectivity index (χ4v) is 4.87. The summed E-state index contributed by atoms with van der Waals surface area (Å²) in [5, 5.41) is 3.22. The maximum atomic E-state index is 12.7. The number of hydroxylamine groups is 1. The van der Waals surface area contributed by atoms with Crippen molar-refractivity contribution in [1.82, 2.24) is 23.5 Å². The fraction of sp³-hybridized carbons (Fsp3) is 0.357. The second-order valence-corrected chi connectivity index (χ2v) is 9.45. The van der Waals surface area contributed by atoms with Gasteiger partial charge in [0.15, 0.2) is 6.61 Å². The van der Waals surface area contributed by atoms with E-state index in [1.807, 2.05) is 0 Å². The third-order valence-electron chi connectivity index (χ3n) is 3.73. The van der Waals surface area contributed by atoms with Crippen LogP contribution in [-0.4, -0.2) is 68.6 Å². The Hall–Kier alpha value is -2.96. The van der Waals surface area contributed by atoms with Gasteiger partial charge in [-0.15, -0.1) is 9.78 Å². The van der Waals surface area contributed by atoms with Gasteiger partial charge >= 0.3 is 23.9 Å². The molecule has 0 atom stereocenters. The lowest BCUT2D eigenvalue weighted by molar-refractivity contribution is -0.155. The Morgan fingerprint density at radius 1 is 1.19 bits per heavy atom. The summed E-state index contributed by atoms with van der Waals surface area (Å²) in [7, 11) is -6.44. The van der Waals surface area contributed by atoms with Crippen molar-refractivity contribution >= 4 is 26.1 Å². The minimum atomic E-state index is -4.91. The Morgan fingerprint density at radius 2 is 1.75 bits per heavy atom. The number of aromatic nitrogens is 3.